The summed E-state index contributed by atoms with van der Waals surface area (Å²) in [7, 11) is 0. The quantitative estimate of drug-likeness (QED) is 0.758. The van der Waals surface area contributed by atoms with E-state index in [1.165, 1.54) is 12.4 Å². The van der Waals surface area contributed by atoms with Crippen LogP contribution in [-0.2, 0) is 6.18 Å². The number of hydrogen-bond donors (Lipinski definition) is 1. The van der Waals surface area contributed by atoms with E-state index in [4.69, 9.17) is 0 Å². The van der Waals surface area contributed by atoms with Crippen molar-refractivity contribution in [3.63, 3.8) is 0 Å². The van der Waals surface area contributed by atoms with Gasteiger partial charge in [0.1, 0.15) is 4.88 Å². The minimum Gasteiger partial charge on any atom is -0.349 e. The van der Waals surface area contributed by atoms with Gasteiger partial charge in [0.2, 0.25) is 0 Å². The number of carbonyl (C=O) groups is 1. The Morgan fingerprint density at radius 2 is 1.77 bits per heavy atom. The molecule has 2 aromatic heterocycles. The van der Waals surface area contributed by atoms with Gasteiger partial charge in [0.15, 0.2) is 16.5 Å². The molecule has 30 heavy (non-hydrogen) atoms. The maximum absolute atomic E-state index is 13.6. The Morgan fingerprint density at radius 1 is 1.10 bits per heavy atom. The molecule has 0 atom stereocenters. The van der Waals surface area contributed by atoms with E-state index >= 15 is 0 Å². The van der Waals surface area contributed by atoms with Crippen LogP contribution < -0.4 is 5.32 Å². The van der Waals surface area contributed by atoms with Crippen molar-refractivity contribution >= 4 is 17.2 Å². The standard InChI is InChI=1S/C20H24F3N5OS/c21-20(22,23)15-14(30-18(27-15)16-24-9-6-10-25-16)17(29)26-13-19(7-2-1-3-8-19)28-11-4-5-12-28/h6,9-10H,1-5,7-8,11-13H2,(H,26,29). The highest BCUT2D eigenvalue weighted by molar-refractivity contribution is 7.17. The molecule has 6 nitrogen and oxygen atoms in total. The summed E-state index contributed by atoms with van der Waals surface area (Å²) in [5.74, 6) is -0.654. The summed E-state index contributed by atoms with van der Waals surface area (Å²) in [6.07, 6.45) is 5.64. The zero-order valence-corrected chi connectivity index (χ0v) is 17.4. The fourth-order valence-electron chi connectivity index (χ4n) is 4.50. The van der Waals surface area contributed by atoms with Gasteiger partial charge in [0, 0.05) is 24.5 Å². The van der Waals surface area contributed by atoms with Gasteiger partial charge in [-0.25, -0.2) is 15.0 Å². The van der Waals surface area contributed by atoms with Crippen molar-refractivity contribution < 1.29 is 18.0 Å². The monoisotopic (exact) mass is 439 g/mol. The van der Waals surface area contributed by atoms with Crippen LogP contribution in [0.3, 0.4) is 0 Å². The average Bonchev–Trinajstić information content (AvgIpc) is 3.44. The fourth-order valence-corrected chi connectivity index (χ4v) is 5.45. The number of nitrogens with zero attached hydrogens (tertiary/aromatic N) is 4. The predicted octanol–water partition coefficient (Wildman–Crippen LogP) is 4.15. The maximum atomic E-state index is 13.6. The van der Waals surface area contributed by atoms with Crippen LogP contribution in [0.2, 0.25) is 0 Å². The molecule has 3 heterocycles. The third-order valence-electron chi connectivity index (χ3n) is 6.00. The average molecular weight is 440 g/mol. The number of likely N-dealkylation sites (tertiary alicyclic amines) is 1. The van der Waals surface area contributed by atoms with E-state index in [0.29, 0.717) is 17.9 Å². The van der Waals surface area contributed by atoms with Crippen LogP contribution in [0.15, 0.2) is 18.5 Å². The maximum Gasteiger partial charge on any atom is 0.435 e. The lowest BCUT2D eigenvalue weighted by molar-refractivity contribution is -0.141. The molecule has 1 saturated heterocycles. The first-order chi connectivity index (χ1) is 14.4. The van der Waals surface area contributed by atoms with Gasteiger partial charge >= 0.3 is 6.18 Å². The highest BCUT2D eigenvalue weighted by atomic mass is 32.1. The summed E-state index contributed by atoms with van der Waals surface area (Å²) in [4.78, 5) is 26.4. The van der Waals surface area contributed by atoms with Crippen LogP contribution in [-0.4, -0.2) is 50.9 Å². The van der Waals surface area contributed by atoms with Gasteiger partial charge in [-0.2, -0.15) is 13.2 Å². The van der Waals surface area contributed by atoms with Gasteiger partial charge < -0.3 is 5.32 Å². The number of halogens is 3. The van der Waals surface area contributed by atoms with Gasteiger partial charge in [-0.1, -0.05) is 19.3 Å². The number of thiazole rings is 1. The Labute approximate surface area is 176 Å². The molecule has 1 aliphatic carbocycles. The Balaban J connectivity index is 1.57. The van der Waals surface area contributed by atoms with Crippen molar-refractivity contribution in [2.75, 3.05) is 19.6 Å². The number of carbonyl (C=O) groups excluding carboxylic acids is 1. The second-order valence-corrected chi connectivity index (χ2v) is 8.93. The smallest absolute Gasteiger partial charge is 0.349 e. The first-order valence-corrected chi connectivity index (χ1v) is 11.1. The minimum absolute atomic E-state index is 0.0139. The summed E-state index contributed by atoms with van der Waals surface area (Å²) < 4.78 is 40.7. The lowest BCUT2D eigenvalue weighted by Gasteiger charge is -2.45. The van der Waals surface area contributed by atoms with E-state index in [-0.39, 0.29) is 16.4 Å². The molecular formula is C20H24F3N5OS. The van der Waals surface area contributed by atoms with Crippen LogP contribution in [0.1, 0.15) is 60.3 Å². The summed E-state index contributed by atoms with van der Waals surface area (Å²) >= 11 is 0.684. The topological polar surface area (TPSA) is 71.0 Å². The molecule has 162 valence electrons. The molecule has 1 aliphatic heterocycles. The summed E-state index contributed by atoms with van der Waals surface area (Å²) in [6.45, 7) is 2.33. The van der Waals surface area contributed by atoms with Gasteiger partial charge in [0.05, 0.1) is 0 Å². The Hall–Kier alpha value is -2.07. The molecular weight excluding hydrogens is 415 g/mol. The number of alkyl halides is 3. The molecule has 2 fully saturated rings. The minimum atomic E-state index is -4.73. The van der Waals surface area contributed by atoms with Gasteiger partial charge in [-0.05, 0) is 44.8 Å². The molecule has 10 heteroatoms. The molecule has 0 aromatic carbocycles. The molecule has 2 aromatic rings. The number of aromatic nitrogens is 3. The van der Waals surface area contributed by atoms with Gasteiger partial charge in [0.25, 0.3) is 5.91 Å². The van der Waals surface area contributed by atoms with Crippen LogP contribution in [0, 0.1) is 0 Å². The zero-order chi connectivity index (χ0) is 21.2. The predicted molar refractivity (Wildman–Crippen MR) is 107 cm³/mol. The third kappa shape index (κ3) is 4.34. The van der Waals surface area contributed by atoms with E-state index in [1.54, 1.807) is 6.07 Å². The lowest BCUT2D eigenvalue weighted by Crippen LogP contribution is -2.55. The second-order valence-electron chi connectivity index (χ2n) is 7.93. The number of rotatable bonds is 5. The largest absolute Gasteiger partial charge is 0.435 e. The summed E-state index contributed by atoms with van der Waals surface area (Å²) in [5, 5.41) is 2.80. The third-order valence-corrected chi connectivity index (χ3v) is 7.05. The molecule has 1 amide bonds. The first-order valence-electron chi connectivity index (χ1n) is 10.3. The van der Waals surface area contributed by atoms with Crippen LogP contribution in [0.25, 0.3) is 10.8 Å². The number of amides is 1. The zero-order valence-electron chi connectivity index (χ0n) is 16.5. The molecule has 0 unspecified atom stereocenters. The Bertz CT molecular complexity index is 874. The number of hydrogen-bond acceptors (Lipinski definition) is 6. The molecule has 4 rings (SSSR count). The molecule has 1 N–H and O–H groups in total. The van der Waals surface area contributed by atoms with Crippen molar-refractivity contribution in [2.24, 2.45) is 0 Å². The van der Waals surface area contributed by atoms with Crippen molar-refractivity contribution in [1.82, 2.24) is 25.2 Å². The lowest BCUT2D eigenvalue weighted by atomic mass is 9.80. The SMILES string of the molecule is O=C(NCC1(N2CCCC2)CCCCC1)c1sc(-c2ncccn2)nc1C(F)(F)F. The van der Waals surface area contributed by atoms with Crippen LogP contribution in [0.4, 0.5) is 13.2 Å². The van der Waals surface area contributed by atoms with Crippen molar-refractivity contribution in [1.29, 1.82) is 0 Å². The van der Waals surface area contributed by atoms with E-state index in [1.807, 2.05) is 0 Å². The van der Waals surface area contributed by atoms with E-state index in [0.717, 1.165) is 58.0 Å². The summed E-state index contributed by atoms with van der Waals surface area (Å²) in [5.41, 5.74) is -1.33. The van der Waals surface area contributed by atoms with Gasteiger partial charge in [-0.3, -0.25) is 9.69 Å². The number of nitrogens with one attached hydrogen (secondary N) is 1. The van der Waals surface area contributed by atoms with Crippen LogP contribution in [0.5, 0.6) is 0 Å². The van der Waals surface area contributed by atoms with Crippen molar-refractivity contribution in [2.45, 2.75) is 56.7 Å². The Kier molecular flexibility index (Phi) is 6.06. The fraction of sp³-hybridized carbons (Fsp3) is 0.600. The van der Waals surface area contributed by atoms with Crippen molar-refractivity contribution in [3.05, 3.63) is 29.0 Å². The molecule has 0 bridgehead atoms. The summed E-state index contributed by atoms with van der Waals surface area (Å²) in [6, 6.07) is 1.57. The molecule has 0 radical (unpaired) electrons. The first kappa shape index (κ1) is 21.2. The highest BCUT2D eigenvalue weighted by Crippen LogP contribution is 2.38. The molecule has 0 spiro atoms. The van der Waals surface area contributed by atoms with E-state index in [2.05, 4.69) is 25.2 Å². The second kappa shape index (κ2) is 8.58. The van der Waals surface area contributed by atoms with E-state index in [9.17, 15) is 18.0 Å². The van der Waals surface area contributed by atoms with E-state index < -0.39 is 22.7 Å². The molecule has 1 saturated carbocycles. The normalized spacial score (nSPS) is 19.7. The molecule has 2 aliphatic rings. The van der Waals surface area contributed by atoms with Gasteiger partial charge in [-0.15, -0.1) is 11.3 Å². The Morgan fingerprint density at radius 3 is 2.40 bits per heavy atom. The van der Waals surface area contributed by atoms with Crippen LogP contribution >= 0.6 is 11.3 Å². The van der Waals surface area contributed by atoms with Crippen molar-refractivity contribution in [3.8, 4) is 10.8 Å². The highest BCUT2D eigenvalue weighted by Gasteiger charge is 2.42.